The van der Waals surface area contributed by atoms with Crippen LogP contribution in [0.15, 0.2) is 53.6 Å². The lowest BCUT2D eigenvalue weighted by atomic mass is 9.97. The number of para-hydroxylation sites is 2. The van der Waals surface area contributed by atoms with E-state index < -0.39 is 0 Å². The van der Waals surface area contributed by atoms with E-state index in [0.717, 1.165) is 41.4 Å². The quantitative estimate of drug-likeness (QED) is 0.684. The summed E-state index contributed by atoms with van der Waals surface area (Å²) < 4.78 is 11.1. The van der Waals surface area contributed by atoms with E-state index in [1.165, 1.54) is 0 Å². The molecule has 1 aliphatic rings. The van der Waals surface area contributed by atoms with Gasteiger partial charge in [0.15, 0.2) is 0 Å². The molecule has 0 radical (unpaired) electrons. The van der Waals surface area contributed by atoms with Crippen LogP contribution in [0.5, 0.6) is 11.5 Å². The van der Waals surface area contributed by atoms with Gasteiger partial charge in [-0.05, 0) is 31.3 Å². The highest BCUT2D eigenvalue weighted by Crippen LogP contribution is 2.38. The van der Waals surface area contributed by atoms with E-state index in [0.29, 0.717) is 13.0 Å². The Labute approximate surface area is 172 Å². The molecule has 0 saturated carbocycles. The molecule has 0 fully saturated rings. The third kappa shape index (κ3) is 4.43. The number of nitrogens with zero attached hydrogens (tertiary/aromatic N) is 3. The summed E-state index contributed by atoms with van der Waals surface area (Å²) in [5.74, 6) is 1.49. The number of rotatable bonds is 8. The third-order valence-corrected chi connectivity index (χ3v) is 5.33. The predicted octanol–water partition coefficient (Wildman–Crippen LogP) is 3.72. The second-order valence-electron chi connectivity index (χ2n) is 6.91. The molecule has 0 aliphatic carbocycles. The van der Waals surface area contributed by atoms with Crippen molar-refractivity contribution in [2.45, 2.75) is 26.3 Å². The van der Waals surface area contributed by atoms with Crippen LogP contribution >= 0.6 is 0 Å². The zero-order chi connectivity index (χ0) is 20.8. The second kappa shape index (κ2) is 9.56. The lowest BCUT2D eigenvalue weighted by Gasteiger charge is -2.26. The first-order valence-electron chi connectivity index (χ1n) is 10.0. The maximum atomic E-state index is 13.2. The number of likely N-dealkylation sites (N-methyl/N-ethyl adjacent to an activating group) is 1. The van der Waals surface area contributed by atoms with Gasteiger partial charge in [0.05, 0.1) is 32.5 Å². The zero-order valence-electron chi connectivity index (χ0n) is 17.6. The lowest BCUT2D eigenvalue weighted by Crippen LogP contribution is -2.38. The van der Waals surface area contributed by atoms with Gasteiger partial charge in [0, 0.05) is 17.5 Å². The molecule has 1 amide bonds. The van der Waals surface area contributed by atoms with Gasteiger partial charge in [-0.3, -0.25) is 9.69 Å². The van der Waals surface area contributed by atoms with Crippen molar-refractivity contribution in [3.05, 3.63) is 59.7 Å². The van der Waals surface area contributed by atoms with Crippen LogP contribution in [0.4, 0.5) is 0 Å². The minimum absolute atomic E-state index is 0.0190. The number of carbonyl (C=O) groups excluding carboxylic acids is 1. The van der Waals surface area contributed by atoms with Crippen molar-refractivity contribution in [3.8, 4) is 11.5 Å². The van der Waals surface area contributed by atoms with Crippen LogP contribution in [0.25, 0.3) is 0 Å². The molecule has 2 aromatic rings. The zero-order valence-corrected chi connectivity index (χ0v) is 17.6. The molecule has 0 bridgehead atoms. The van der Waals surface area contributed by atoms with Gasteiger partial charge in [-0.25, -0.2) is 5.01 Å². The van der Waals surface area contributed by atoms with Crippen molar-refractivity contribution < 1.29 is 14.3 Å². The lowest BCUT2D eigenvalue weighted by molar-refractivity contribution is -0.134. The topological polar surface area (TPSA) is 54.4 Å². The number of amides is 1. The number of methoxy groups -OCH3 is 2. The number of benzene rings is 2. The Bertz CT molecular complexity index is 877. The van der Waals surface area contributed by atoms with Crippen molar-refractivity contribution in [1.29, 1.82) is 0 Å². The Hall–Kier alpha value is -2.86. The normalized spacial score (nSPS) is 16.1. The van der Waals surface area contributed by atoms with E-state index in [1.54, 1.807) is 19.2 Å². The van der Waals surface area contributed by atoms with Gasteiger partial charge in [-0.1, -0.05) is 44.2 Å². The molecular formula is C23H29N3O3. The Morgan fingerprint density at radius 1 is 1.03 bits per heavy atom. The maximum Gasteiger partial charge on any atom is 0.257 e. The van der Waals surface area contributed by atoms with Crippen LogP contribution in [0, 0.1) is 0 Å². The van der Waals surface area contributed by atoms with Crippen LogP contribution in [-0.4, -0.2) is 55.4 Å². The molecule has 6 nitrogen and oxygen atoms in total. The van der Waals surface area contributed by atoms with Gasteiger partial charge in [-0.2, -0.15) is 5.10 Å². The second-order valence-corrected chi connectivity index (χ2v) is 6.91. The van der Waals surface area contributed by atoms with Crippen LogP contribution in [0.1, 0.15) is 37.4 Å². The highest BCUT2D eigenvalue weighted by Gasteiger charge is 2.35. The van der Waals surface area contributed by atoms with Crippen molar-refractivity contribution in [3.63, 3.8) is 0 Å². The molecule has 1 atom stereocenters. The van der Waals surface area contributed by atoms with Crippen LogP contribution in [0.3, 0.4) is 0 Å². The Kier molecular flexibility index (Phi) is 6.88. The SMILES string of the molecule is CCN(CC)CC(=O)N1N=C(c2ccccc2OC)CC1c1ccccc1OC. The molecule has 6 heteroatoms. The molecular weight excluding hydrogens is 366 g/mol. The summed E-state index contributed by atoms with van der Waals surface area (Å²) in [5.41, 5.74) is 2.70. The van der Waals surface area contributed by atoms with E-state index in [1.807, 2.05) is 48.5 Å². The molecule has 3 rings (SSSR count). The van der Waals surface area contributed by atoms with Gasteiger partial charge in [0.25, 0.3) is 5.91 Å². The minimum Gasteiger partial charge on any atom is -0.496 e. The number of hydrogen-bond donors (Lipinski definition) is 0. The number of ether oxygens (including phenoxy) is 2. The summed E-state index contributed by atoms with van der Waals surface area (Å²) in [6, 6.07) is 15.4. The molecule has 29 heavy (non-hydrogen) atoms. The summed E-state index contributed by atoms with van der Waals surface area (Å²) in [6.07, 6.45) is 0.602. The smallest absolute Gasteiger partial charge is 0.257 e. The summed E-state index contributed by atoms with van der Waals surface area (Å²) in [4.78, 5) is 15.3. The van der Waals surface area contributed by atoms with E-state index in [9.17, 15) is 4.79 Å². The molecule has 1 heterocycles. The summed E-state index contributed by atoms with van der Waals surface area (Å²) in [5, 5.41) is 6.38. The number of hydrazone groups is 1. The summed E-state index contributed by atoms with van der Waals surface area (Å²) >= 11 is 0. The van der Waals surface area contributed by atoms with E-state index in [2.05, 4.69) is 18.7 Å². The highest BCUT2D eigenvalue weighted by atomic mass is 16.5. The molecule has 0 N–H and O–H groups in total. The average Bonchev–Trinajstić information content (AvgIpc) is 3.22. The molecule has 2 aromatic carbocycles. The van der Waals surface area contributed by atoms with E-state index in [4.69, 9.17) is 14.6 Å². The van der Waals surface area contributed by atoms with Crippen LogP contribution < -0.4 is 9.47 Å². The largest absolute Gasteiger partial charge is 0.496 e. The van der Waals surface area contributed by atoms with Crippen molar-refractivity contribution in [2.75, 3.05) is 33.9 Å². The Balaban J connectivity index is 2.00. The fraction of sp³-hybridized carbons (Fsp3) is 0.391. The first kappa shape index (κ1) is 20.9. The van der Waals surface area contributed by atoms with Gasteiger partial charge in [-0.15, -0.1) is 0 Å². The highest BCUT2D eigenvalue weighted by molar-refractivity contribution is 6.05. The molecule has 154 valence electrons. The molecule has 1 aliphatic heterocycles. The maximum absolute atomic E-state index is 13.2. The van der Waals surface area contributed by atoms with Gasteiger partial charge < -0.3 is 9.47 Å². The van der Waals surface area contributed by atoms with E-state index >= 15 is 0 Å². The predicted molar refractivity (Wildman–Crippen MR) is 115 cm³/mol. The van der Waals surface area contributed by atoms with Crippen LogP contribution in [-0.2, 0) is 4.79 Å². The minimum atomic E-state index is -0.214. The van der Waals surface area contributed by atoms with Crippen LogP contribution in [0.2, 0.25) is 0 Å². The number of hydrogen-bond acceptors (Lipinski definition) is 5. The van der Waals surface area contributed by atoms with Gasteiger partial charge in [0.1, 0.15) is 11.5 Å². The van der Waals surface area contributed by atoms with Crippen molar-refractivity contribution >= 4 is 11.6 Å². The van der Waals surface area contributed by atoms with E-state index in [-0.39, 0.29) is 11.9 Å². The average molecular weight is 396 g/mol. The van der Waals surface area contributed by atoms with Gasteiger partial charge in [0.2, 0.25) is 0 Å². The first-order chi connectivity index (χ1) is 14.1. The monoisotopic (exact) mass is 395 g/mol. The summed E-state index contributed by atoms with van der Waals surface area (Å²) in [7, 11) is 3.30. The number of carbonyl (C=O) groups is 1. The summed E-state index contributed by atoms with van der Waals surface area (Å²) in [6.45, 7) is 6.09. The molecule has 0 spiro atoms. The fourth-order valence-corrected chi connectivity index (χ4v) is 3.68. The third-order valence-electron chi connectivity index (χ3n) is 5.33. The Morgan fingerprint density at radius 2 is 1.66 bits per heavy atom. The fourth-order valence-electron chi connectivity index (χ4n) is 3.68. The first-order valence-corrected chi connectivity index (χ1v) is 10.0. The molecule has 1 unspecified atom stereocenters. The molecule has 0 saturated heterocycles. The standard InChI is InChI=1S/C23H29N3O3/c1-5-25(6-2)16-23(27)26-20(18-12-8-10-14-22(18)29-4)15-19(24-26)17-11-7-9-13-21(17)28-3/h7-14,20H,5-6,15-16H2,1-4H3. The Morgan fingerprint density at radius 3 is 2.31 bits per heavy atom. The van der Waals surface area contributed by atoms with Crippen molar-refractivity contribution in [2.24, 2.45) is 5.10 Å². The molecule has 0 aromatic heterocycles. The van der Waals surface area contributed by atoms with Crippen molar-refractivity contribution in [1.82, 2.24) is 9.91 Å². The van der Waals surface area contributed by atoms with Gasteiger partial charge >= 0.3 is 0 Å².